The highest BCUT2D eigenvalue weighted by atomic mass is 16.5. The van der Waals surface area contributed by atoms with Crippen LogP contribution in [-0.4, -0.2) is 43.4 Å². The largest absolute Gasteiger partial charge is 0.497 e. The lowest BCUT2D eigenvalue weighted by atomic mass is 10.0. The molecule has 2 heterocycles. The van der Waals surface area contributed by atoms with Crippen LogP contribution in [0.15, 0.2) is 29.3 Å². The van der Waals surface area contributed by atoms with Crippen molar-refractivity contribution >= 4 is 12.3 Å². The third-order valence-corrected chi connectivity index (χ3v) is 3.83. The van der Waals surface area contributed by atoms with Gasteiger partial charge in [0, 0.05) is 13.1 Å². The predicted octanol–water partition coefficient (Wildman–Crippen LogP) is 1.79. The van der Waals surface area contributed by atoms with Crippen LogP contribution in [0.5, 0.6) is 5.75 Å². The molecule has 1 fully saturated rings. The first-order chi connectivity index (χ1) is 9.79. The van der Waals surface area contributed by atoms with Gasteiger partial charge in [-0.2, -0.15) is 0 Å². The van der Waals surface area contributed by atoms with Crippen molar-refractivity contribution in [3.8, 4) is 5.75 Å². The van der Waals surface area contributed by atoms with Crippen molar-refractivity contribution in [3.63, 3.8) is 0 Å². The molecular weight excluding hydrogens is 256 g/mol. The van der Waals surface area contributed by atoms with Crippen LogP contribution in [0.1, 0.15) is 24.5 Å². The molecule has 2 atom stereocenters. The number of nitrogens with zero attached hydrogens (tertiary/aromatic N) is 2. The van der Waals surface area contributed by atoms with Crippen LogP contribution in [0, 0.1) is 0 Å². The molecule has 2 aliphatic heterocycles. The van der Waals surface area contributed by atoms with E-state index in [0.717, 1.165) is 37.2 Å². The summed E-state index contributed by atoms with van der Waals surface area (Å²) < 4.78 is 10.7. The second-order valence-electron chi connectivity index (χ2n) is 5.06. The van der Waals surface area contributed by atoms with Crippen molar-refractivity contribution < 1.29 is 14.3 Å². The quantitative estimate of drug-likeness (QED) is 0.844. The predicted molar refractivity (Wildman–Crippen MR) is 74.9 cm³/mol. The number of methoxy groups -OCH3 is 1. The van der Waals surface area contributed by atoms with Crippen molar-refractivity contribution in [1.29, 1.82) is 0 Å². The summed E-state index contributed by atoms with van der Waals surface area (Å²) in [7, 11) is 1.63. The Bertz CT molecular complexity index is 506. The van der Waals surface area contributed by atoms with Crippen molar-refractivity contribution in [2.45, 2.75) is 25.0 Å². The lowest BCUT2D eigenvalue weighted by molar-refractivity contribution is -0.133. The fourth-order valence-corrected chi connectivity index (χ4v) is 2.69. The number of benzene rings is 1. The normalized spacial score (nSPS) is 24.8. The molecule has 0 N–H and O–H groups in total. The van der Waals surface area contributed by atoms with E-state index in [4.69, 9.17) is 9.47 Å². The summed E-state index contributed by atoms with van der Waals surface area (Å²) in [6, 6.07) is 7.12. The molecule has 0 saturated carbocycles. The molecule has 5 heteroatoms. The van der Waals surface area contributed by atoms with Crippen molar-refractivity contribution in [1.82, 2.24) is 4.90 Å². The summed E-state index contributed by atoms with van der Waals surface area (Å²) >= 11 is 0. The lowest BCUT2D eigenvalue weighted by Crippen LogP contribution is -2.38. The first kappa shape index (κ1) is 13.0. The fourth-order valence-electron chi connectivity index (χ4n) is 2.69. The van der Waals surface area contributed by atoms with E-state index in [-0.39, 0.29) is 12.0 Å². The van der Waals surface area contributed by atoms with Gasteiger partial charge in [-0.05, 0) is 30.5 Å². The molecule has 5 nitrogen and oxygen atoms in total. The number of rotatable bonds is 3. The molecule has 0 bridgehead atoms. The Balaban J connectivity index is 1.76. The van der Waals surface area contributed by atoms with E-state index in [9.17, 15) is 4.79 Å². The van der Waals surface area contributed by atoms with E-state index < -0.39 is 6.04 Å². The van der Waals surface area contributed by atoms with Crippen LogP contribution < -0.4 is 4.74 Å². The summed E-state index contributed by atoms with van der Waals surface area (Å²) in [5.41, 5.74) is 0.945. The highest BCUT2D eigenvalue weighted by Crippen LogP contribution is 2.30. The average molecular weight is 274 g/mol. The second kappa shape index (κ2) is 5.53. The third kappa shape index (κ3) is 2.35. The molecule has 2 aliphatic rings. The minimum absolute atomic E-state index is 0.0667. The summed E-state index contributed by atoms with van der Waals surface area (Å²) in [5, 5.41) is 0. The molecule has 20 heavy (non-hydrogen) atoms. The van der Waals surface area contributed by atoms with E-state index in [1.54, 1.807) is 7.11 Å². The standard InChI is InChI=1S/C15H18N2O3/c1-19-12-6-4-11(5-7-12)14-13(16-10-20-14)15(18)17-8-2-3-9-17/h4-7,10,13-14H,2-3,8-9H2,1H3/t13-,14+/m0/s1. The van der Waals surface area contributed by atoms with Crippen LogP contribution in [0.3, 0.4) is 0 Å². The van der Waals surface area contributed by atoms with Crippen LogP contribution in [0.2, 0.25) is 0 Å². The van der Waals surface area contributed by atoms with Crippen LogP contribution in [0.4, 0.5) is 0 Å². The van der Waals surface area contributed by atoms with Crippen LogP contribution in [0.25, 0.3) is 0 Å². The van der Waals surface area contributed by atoms with Gasteiger partial charge in [0.15, 0.2) is 18.5 Å². The van der Waals surface area contributed by atoms with Gasteiger partial charge in [-0.1, -0.05) is 12.1 Å². The molecule has 1 saturated heterocycles. The van der Waals surface area contributed by atoms with Gasteiger partial charge in [0.1, 0.15) is 5.75 Å². The highest BCUT2D eigenvalue weighted by molar-refractivity contribution is 5.85. The minimum Gasteiger partial charge on any atom is -0.497 e. The van der Waals surface area contributed by atoms with E-state index in [1.807, 2.05) is 29.2 Å². The zero-order valence-corrected chi connectivity index (χ0v) is 11.5. The average Bonchev–Trinajstić information content (AvgIpc) is 3.18. The van der Waals surface area contributed by atoms with Crippen molar-refractivity contribution in [2.24, 2.45) is 4.99 Å². The zero-order chi connectivity index (χ0) is 13.9. The van der Waals surface area contributed by atoms with Crippen molar-refractivity contribution in [3.05, 3.63) is 29.8 Å². The highest BCUT2D eigenvalue weighted by Gasteiger charge is 2.37. The van der Waals surface area contributed by atoms with E-state index in [0.29, 0.717) is 0 Å². The van der Waals surface area contributed by atoms with Crippen LogP contribution >= 0.6 is 0 Å². The van der Waals surface area contributed by atoms with Gasteiger partial charge in [0.25, 0.3) is 5.91 Å². The Morgan fingerprint density at radius 3 is 2.65 bits per heavy atom. The van der Waals surface area contributed by atoms with Gasteiger partial charge in [0.2, 0.25) is 0 Å². The molecule has 0 aromatic heterocycles. The number of ether oxygens (including phenoxy) is 2. The number of carbonyl (C=O) groups is 1. The molecule has 106 valence electrons. The molecule has 1 aromatic rings. The monoisotopic (exact) mass is 274 g/mol. The summed E-state index contributed by atoms with van der Waals surface area (Å²) in [6.07, 6.45) is 3.23. The molecule has 0 unspecified atom stereocenters. The zero-order valence-electron chi connectivity index (χ0n) is 11.5. The van der Waals surface area contributed by atoms with Gasteiger partial charge < -0.3 is 14.4 Å². The summed E-state index contributed by atoms with van der Waals surface area (Å²) in [5.74, 6) is 0.854. The smallest absolute Gasteiger partial charge is 0.251 e. The molecule has 0 spiro atoms. The SMILES string of the molecule is COc1ccc([C@H]2OC=N[C@@H]2C(=O)N2CCCC2)cc1. The number of likely N-dealkylation sites (tertiary alicyclic amines) is 1. The van der Waals surface area contributed by atoms with Gasteiger partial charge >= 0.3 is 0 Å². The van der Waals surface area contributed by atoms with Gasteiger partial charge in [-0.15, -0.1) is 0 Å². The Kier molecular flexibility index (Phi) is 3.58. The summed E-state index contributed by atoms with van der Waals surface area (Å²) in [6.45, 7) is 1.67. The minimum atomic E-state index is -0.457. The Hall–Kier alpha value is -2.04. The fraction of sp³-hybridized carbons (Fsp3) is 0.467. The number of carbonyl (C=O) groups excluding carboxylic acids is 1. The number of aliphatic imine (C=N–C) groups is 1. The van der Waals surface area contributed by atoms with Crippen molar-refractivity contribution in [2.75, 3.05) is 20.2 Å². The number of hydrogen-bond donors (Lipinski definition) is 0. The Morgan fingerprint density at radius 2 is 2.00 bits per heavy atom. The summed E-state index contributed by atoms with van der Waals surface area (Å²) in [4.78, 5) is 18.6. The molecular formula is C15H18N2O3. The van der Waals surface area contributed by atoms with Crippen LogP contribution in [-0.2, 0) is 9.53 Å². The van der Waals surface area contributed by atoms with E-state index in [1.165, 1.54) is 6.40 Å². The van der Waals surface area contributed by atoms with Gasteiger partial charge in [0.05, 0.1) is 7.11 Å². The van der Waals surface area contributed by atoms with Gasteiger partial charge in [-0.25, -0.2) is 4.99 Å². The third-order valence-electron chi connectivity index (χ3n) is 3.83. The molecule has 0 radical (unpaired) electrons. The lowest BCUT2D eigenvalue weighted by Gasteiger charge is -2.22. The molecule has 1 aromatic carbocycles. The van der Waals surface area contributed by atoms with E-state index in [2.05, 4.69) is 4.99 Å². The molecule has 0 aliphatic carbocycles. The first-order valence-corrected chi connectivity index (χ1v) is 6.89. The first-order valence-electron chi connectivity index (χ1n) is 6.89. The Labute approximate surface area is 118 Å². The molecule has 1 amide bonds. The molecule has 3 rings (SSSR count). The van der Waals surface area contributed by atoms with Gasteiger partial charge in [-0.3, -0.25) is 4.79 Å². The second-order valence-corrected chi connectivity index (χ2v) is 5.06. The maximum Gasteiger partial charge on any atom is 0.251 e. The number of amides is 1. The van der Waals surface area contributed by atoms with E-state index >= 15 is 0 Å². The topological polar surface area (TPSA) is 51.1 Å². The Morgan fingerprint density at radius 1 is 1.30 bits per heavy atom. The number of hydrogen-bond acceptors (Lipinski definition) is 4. The maximum absolute atomic E-state index is 12.5. The maximum atomic E-state index is 12.5.